The molecule has 39 heavy (non-hydrogen) atoms. The van der Waals surface area contributed by atoms with Crippen molar-refractivity contribution < 1.29 is 42.4 Å². The van der Waals surface area contributed by atoms with E-state index in [1.165, 1.54) is 19.2 Å². The summed E-state index contributed by atoms with van der Waals surface area (Å²) in [7, 11) is 1.52. The molecule has 200 valence electrons. The van der Waals surface area contributed by atoms with Gasteiger partial charge in [-0.05, 0) is 47.0 Å². The highest BCUT2D eigenvalue weighted by molar-refractivity contribution is 5.89. The average molecular weight is 534 g/mol. The van der Waals surface area contributed by atoms with Crippen LogP contribution in [-0.4, -0.2) is 39.2 Å². The van der Waals surface area contributed by atoms with Gasteiger partial charge in [0.25, 0.3) is 0 Å². The lowest BCUT2D eigenvalue weighted by atomic mass is 9.62. The maximum atomic E-state index is 14.0. The fourth-order valence-corrected chi connectivity index (χ4v) is 6.20. The molecule has 4 atom stereocenters. The Balaban J connectivity index is 1.37. The fraction of sp³-hybridized carbons (Fsp3) is 0.310. The molecular weight excluding hydrogens is 509 g/mol. The summed E-state index contributed by atoms with van der Waals surface area (Å²) in [5, 5.41) is 3.01. The van der Waals surface area contributed by atoms with Gasteiger partial charge in [0, 0.05) is 23.9 Å². The van der Waals surface area contributed by atoms with Crippen LogP contribution in [0.15, 0.2) is 48.5 Å². The second-order valence-electron chi connectivity index (χ2n) is 9.88. The number of esters is 1. The lowest BCUT2D eigenvalue weighted by Gasteiger charge is -2.39. The molecule has 9 nitrogen and oxygen atoms in total. The third-order valence-corrected chi connectivity index (χ3v) is 7.90. The van der Waals surface area contributed by atoms with Gasteiger partial charge in [0.1, 0.15) is 5.82 Å². The molecule has 4 aliphatic rings. The number of carbonyl (C=O) groups excluding carboxylic acids is 2. The van der Waals surface area contributed by atoms with Crippen molar-refractivity contribution in [3.05, 3.63) is 76.6 Å². The summed E-state index contributed by atoms with van der Waals surface area (Å²) in [6.07, 6.45) is 0. The Hall–Kier alpha value is -4.47. The first-order valence-electron chi connectivity index (χ1n) is 12.6. The predicted molar refractivity (Wildman–Crippen MR) is 132 cm³/mol. The van der Waals surface area contributed by atoms with Gasteiger partial charge in [0.15, 0.2) is 23.0 Å². The lowest BCUT2D eigenvalue weighted by molar-refractivity contribution is -0.139. The predicted octanol–water partition coefficient (Wildman–Crippen LogP) is 3.63. The van der Waals surface area contributed by atoms with Crippen molar-refractivity contribution in [3.8, 4) is 28.7 Å². The van der Waals surface area contributed by atoms with Gasteiger partial charge < -0.3 is 33.7 Å². The van der Waals surface area contributed by atoms with Crippen molar-refractivity contribution in [1.82, 2.24) is 5.32 Å². The van der Waals surface area contributed by atoms with Crippen molar-refractivity contribution in [2.75, 3.05) is 27.3 Å². The van der Waals surface area contributed by atoms with Gasteiger partial charge in [-0.2, -0.15) is 0 Å². The number of rotatable bonds is 5. The first-order chi connectivity index (χ1) is 19.0. The Morgan fingerprint density at radius 3 is 2.54 bits per heavy atom. The molecule has 1 amide bonds. The maximum absolute atomic E-state index is 14.0. The molecule has 0 bridgehead atoms. The topological polar surface area (TPSA) is 102 Å². The minimum absolute atomic E-state index is 0.0173. The number of cyclic esters (lactones) is 1. The number of methoxy groups -OCH3 is 1. The average Bonchev–Trinajstić information content (AvgIpc) is 3.70. The van der Waals surface area contributed by atoms with Crippen LogP contribution in [0, 0.1) is 17.7 Å². The first kappa shape index (κ1) is 23.6. The summed E-state index contributed by atoms with van der Waals surface area (Å²) >= 11 is 0. The first-order valence-corrected chi connectivity index (χ1v) is 12.6. The van der Waals surface area contributed by atoms with Crippen LogP contribution in [0.2, 0.25) is 0 Å². The largest absolute Gasteiger partial charge is 0.492 e. The summed E-state index contributed by atoms with van der Waals surface area (Å²) in [4.78, 5) is 27.2. The summed E-state index contributed by atoms with van der Waals surface area (Å²) in [6, 6.07) is 13.4. The molecule has 10 heteroatoms. The second kappa shape index (κ2) is 9.07. The minimum atomic E-state index is -0.726. The van der Waals surface area contributed by atoms with Crippen LogP contribution < -0.4 is 29.0 Å². The molecule has 1 aliphatic carbocycles. The van der Waals surface area contributed by atoms with Crippen LogP contribution in [0.1, 0.15) is 34.1 Å². The number of nitrogens with one attached hydrogen (secondary N) is 1. The molecule has 0 unspecified atom stereocenters. The number of benzene rings is 3. The van der Waals surface area contributed by atoms with E-state index in [1.807, 2.05) is 24.3 Å². The van der Waals surface area contributed by atoms with Gasteiger partial charge in [-0.25, -0.2) is 4.39 Å². The van der Waals surface area contributed by atoms with Crippen LogP contribution >= 0.6 is 0 Å². The molecule has 1 N–H and O–H groups in total. The highest BCUT2D eigenvalue weighted by Gasteiger charge is 2.55. The van der Waals surface area contributed by atoms with Gasteiger partial charge >= 0.3 is 5.97 Å². The highest BCUT2D eigenvalue weighted by atomic mass is 19.1. The summed E-state index contributed by atoms with van der Waals surface area (Å²) in [5.74, 6) is -0.887. The molecule has 3 heterocycles. The molecule has 3 aliphatic heterocycles. The van der Waals surface area contributed by atoms with Crippen molar-refractivity contribution in [1.29, 1.82) is 0 Å². The number of hydrogen-bond donors (Lipinski definition) is 1. The number of carbonyl (C=O) groups is 2. The van der Waals surface area contributed by atoms with E-state index in [0.29, 0.717) is 34.3 Å². The number of ether oxygens (including phenoxy) is 6. The number of hydrogen-bond acceptors (Lipinski definition) is 8. The Labute approximate surface area is 222 Å². The van der Waals surface area contributed by atoms with E-state index in [2.05, 4.69) is 5.32 Å². The van der Waals surface area contributed by atoms with Crippen LogP contribution in [0.25, 0.3) is 0 Å². The number of amides is 1. The van der Waals surface area contributed by atoms with E-state index in [-0.39, 0.29) is 38.5 Å². The van der Waals surface area contributed by atoms with Gasteiger partial charge in [-0.3, -0.25) is 9.59 Å². The smallest absolute Gasteiger partial charge is 0.314 e. The summed E-state index contributed by atoms with van der Waals surface area (Å²) in [6.45, 7) is 0.410. The summed E-state index contributed by atoms with van der Waals surface area (Å²) < 4.78 is 47.3. The molecule has 1 fully saturated rings. The van der Waals surface area contributed by atoms with Crippen molar-refractivity contribution in [2.24, 2.45) is 11.8 Å². The van der Waals surface area contributed by atoms with E-state index in [1.54, 1.807) is 12.1 Å². The van der Waals surface area contributed by atoms with E-state index in [0.717, 1.165) is 16.7 Å². The molecule has 0 saturated carbocycles. The number of halogens is 1. The SMILES string of the molecule is COc1c2c(cc3c1[C@H]1C(=O)OC[C@H]1[C@H](C(=O)NCc1ccc(F)cc1)[C@@H]3c1ccc3c(c1)OCO3)OCO2. The van der Waals surface area contributed by atoms with Crippen LogP contribution in [0.3, 0.4) is 0 Å². The second-order valence-corrected chi connectivity index (χ2v) is 9.88. The number of fused-ring (bicyclic) bond motifs is 5. The Morgan fingerprint density at radius 2 is 1.72 bits per heavy atom. The lowest BCUT2D eigenvalue weighted by Crippen LogP contribution is -2.44. The van der Waals surface area contributed by atoms with Crippen LogP contribution in [0.5, 0.6) is 28.7 Å². The van der Waals surface area contributed by atoms with Gasteiger partial charge in [0.2, 0.25) is 25.2 Å². The maximum Gasteiger partial charge on any atom is 0.314 e. The Morgan fingerprint density at radius 1 is 0.949 bits per heavy atom. The molecule has 7 rings (SSSR count). The molecule has 3 aromatic rings. The molecular formula is C29H24FNO8. The molecule has 0 aromatic heterocycles. The normalized spacial score (nSPS) is 23.6. The monoisotopic (exact) mass is 533 g/mol. The minimum Gasteiger partial charge on any atom is -0.492 e. The van der Waals surface area contributed by atoms with Crippen molar-refractivity contribution >= 4 is 11.9 Å². The zero-order chi connectivity index (χ0) is 26.7. The van der Waals surface area contributed by atoms with Gasteiger partial charge in [-0.15, -0.1) is 0 Å². The third kappa shape index (κ3) is 3.73. The molecule has 0 radical (unpaired) electrons. The molecule has 0 spiro atoms. The zero-order valence-corrected chi connectivity index (χ0v) is 20.9. The van der Waals surface area contributed by atoms with E-state index < -0.39 is 29.6 Å². The van der Waals surface area contributed by atoms with E-state index in [4.69, 9.17) is 28.4 Å². The van der Waals surface area contributed by atoms with Gasteiger partial charge in [0.05, 0.1) is 25.6 Å². The standard InChI is InChI=1S/C29H24FNO8/c1-34-27-23-17(9-21-26(27)39-13-38-21)22(15-4-7-19-20(8-15)37-12-36-19)24(18-11-35-29(33)25(18)23)28(32)31-10-14-2-5-16(30)6-3-14/h2-9,18,22,24-25H,10-13H2,1H3,(H,31,32)/t18-,22+,24-,25-/m0/s1. The van der Waals surface area contributed by atoms with Crippen LogP contribution in [0.4, 0.5) is 4.39 Å². The quantitative estimate of drug-likeness (QED) is 0.497. The van der Waals surface area contributed by atoms with Crippen LogP contribution in [-0.2, 0) is 20.9 Å². The Kier molecular flexibility index (Phi) is 5.50. The van der Waals surface area contributed by atoms with E-state index >= 15 is 0 Å². The summed E-state index contributed by atoms with van der Waals surface area (Å²) in [5.41, 5.74) is 2.92. The highest BCUT2D eigenvalue weighted by Crippen LogP contribution is 2.59. The zero-order valence-electron chi connectivity index (χ0n) is 20.9. The molecule has 3 aromatic carbocycles. The van der Waals surface area contributed by atoms with Crippen molar-refractivity contribution in [2.45, 2.75) is 18.4 Å². The van der Waals surface area contributed by atoms with Gasteiger partial charge in [-0.1, -0.05) is 18.2 Å². The van der Waals surface area contributed by atoms with Crippen molar-refractivity contribution in [3.63, 3.8) is 0 Å². The Bertz CT molecular complexity index is 1490. The third-order valence-electron chi connectivity index (χ3n) is 7.90. The molecule has 1 saturated heterocycles. The van der Waals surface area contributed by atoms with E-state index in [9.17, 15) is 14.0 Å². The fourth-order valence-electron chi connectivity index (χ4n) is 6.20.